The molecule has 0 spiro atoms. The number of ether oxygens (including phenoxy) is 1. The standard InChI is InChI=1S/C12H17NO4S/c1-10(9-17-2)6-7-13-8-11(18(3,15)16)4-5-12(13)14/h4-6,8H,7,9H2,1-3H3/b10-6+. The fourth-order valence-electron chi connectivity index (χ4n) is 1.41. The molecule has 0 radical (unpaired) electrons. The summed E-state index contributed by atoms with van der Waals surface area (Å²) < 4.78 is 29.1. The Balaban J connectivity index is 3.03. The van der Waals surface area contributed by atoms with E-state index in [2.05, 4.69) is 0 Å². The van der Waals surface area contributed by atoms with Crippen molar-refractivity contribution in [3.63, 3.8) is 0 Å². The molecule has 0 aliphatic heterocycles. The van der Waals surface area contributed by atoms with Gasteiger partial charge in [-0.2, -0.15) is 0 Å². The zero-order valence-corrected chi connectivity index (χ0v) is 11.5. The van der Waals surface area contributed by atoms with E-state index in [-0.39, 0.29) is 10.5 Å². The number of methoxy groups -OCH3 is 1. The van der Waals surface area contributed by atoms with Crippen LogP contribution in [-0.2, 0) is 21.1 Å². The third kappa shape index (κ3) is 4.12. The number of rotatable bonds is 5. The first-order valence-corrected chi connectivity index (χ1v) is 7.29. The molecule has 1 aromatic heterocycles. The van der Waals surface area contributed by atoms with E-state index >= 15 is 0 Å². The van der Waals surface area contributed by atoms with E-state index < -0.39 is 9.84 Å². The highest BCUT2D eigenvalue weighted by atomic mass is 32.2. The molecular formula is C12H17NO4S. The van der Waals surface area contributed by atoms with Crippen molar-refractivity contribution in [3.8, 4) is 0 Å². The summed E-state index contributed by atoms with van der Waals surface area (Å²) in [6.07, 6.45) is 4.30. The monoisotopic (exact) mass is 271 g/mol. The van der Waals surface area contributed by atoms with Crippen molar-refractivity contribution < 1.29 is 13.2 Å². The van der Waals surface area contributed by atoms with Gasteiger partial charge in [-0.1, -0.05) is 11.6 Å². The minimum Gasteiger partial charge on any atom is -0.380 e. The Bertz CT molecular complexity index is 599. The molecule has 100 valence electrons. The molecule has 1 aromatic rings. The van der Waals surface area contributed by atoms with Crippen LogP contribution in [-0.4, -0.2) is 33.0 Å². The molecule has 0 aliphatic rings. The first-order valence-electron chi connectivity index (χ1n) is 5.39. The second-order valence-electron chi connectivity index (χ2n) is 4.11. The highest BCUT2D eigenvalue weighted by molar-refractivity contribution is 7.90. The molecule has 0 amide bonds. The van der Waals surface area contributed by atoms with Crippen molar-refractivity contribution in [2.75, 3.05) is 20.0 Å². The predicted molar refractivity (Wildman–Crippen MR) is 69.4 cm³/mol. The van der Waals surface area contributed by atoms with Crippen molar-refractivity contribution in [3.05, 3.63) is 40.3 Å². The van der Waals surface area contributed by atoms with Gasteiger partial charge in [-0.05, 0) is 13.0 Å². The van der Waals surface area contributed by atoms with Gasteiger partial charge in [0.15, 0.2) is 9.84 Å². The lowest BCUT2D eigenvalue weighted by Crippen LogP contribution is -2.19. The molecule has 1 rings (SSSR count). The fraction of sp³-hybridized carbons (Fsp3) is 0.417. The Morgan fingerprint density at radius 2 is 2.11 bits per heavy atom. The summed E-state index contributed by atoms with van der Waals surface area (Å²) in [6.45, 7) is 2.70. The summed E-state index contributed by atoms with van der Waals surface area (Å²) in [4.78, 5) is 11.7. The van der Waals surface area contributed by atoms with E-state index in [9.17, 15) is 13.2 Å². The topological polar surface area (TPSA) is 65.4 Å². The smallest absolute Gasteiger partial charge is 0.250 e. The number of nitrogens with zero attached hydrogens (tertiary/aromatic N) is 1. The lowest BCUT2D eigenvalue weighted by atomic mass is 10.3. The second-order valence-corrected chi connectivity index (χ2v) is 6.13. The van der Waals surface area contributed by atoms with Gasteiger partial charge in [-0.3, -0.25) is 4.79 Å². The van der Waals surface area contributed by atoms with Gasteiger partial charge in [0.05, 0.1) is 11.5 Å². The van der Waals surface area contributed by atoms with Crippen LogP contribution in [0.15, 0.2) is 39.7 Å². The third-order valence-corrected chi connectivity index (χ3v) is 3.49. The molecule has 5 nitrogen and oxygen atoms in total. The maximum absolute atomic E-state index is 11.6. The van der Waals surface area contributed by atoms with Gasteiger partial charge in [0.1, 0.15) is 0 Å². The maximum atomic E-state index is 11.6. The molecule has 0 saturated carbocycles. The SMILES string of the molecule is COC/C(C)=C/Cn1cc(S(C)(=O)=O)ccc1=O. The van der Waals surface area contributed by atoms with E-state index in [1.165, 1.54) is 22.9 Å². The number of allylic oxidation sites excluding steroid dienone is 1. The summed E-state index contributed by atoms with van der Waals surface area (Å²) in [7, 11) is -1.70. The Morgan fingerprint density at radius 1 is 1.44 bits per heavy atom. The van der Waals surface area contributed by atoms with Gasteiger partial charge in [0.25, 0.3) is 5.56 Å². The second kappa shape index (κ2) is 5.97. The van der Waals surface area contributed by atoms with Crippen molar-refractivity contribution >= 4 is 9.84 Å². The largest absolute Gasteiger partial charge is 0.380 e. The van der Waals surface area contributed by atoms with Gasteiger partial charge in [-0.25, -0.2) is 8.42 Å². The Kier molecular flexibility index (Phi) is 4.86. The number of pyridine rings is 1. The zero-order chi connectivity index (χ0) is 13.8. The van der Waals surface area contributed by atoms with Crippen LogP contribution >= 0.6 is 0 Å². The molecule has 0 N–H and O–H groups in total. The average molecular weight is 271 g/mol. The van der Waals surface area contributed by atoms with Gasteiger partial charge in [0.2, 0.25) is 0 Å². The molecular weight excluding hydrogens is 254 g/mol. The number of hydrogen-bond donors (Lipinski definition) is 0. The first kappa shape index (κ1) is 14.7. The van der Waals surface area contributed by atoms with Gasteiger partial charge < -0.3 is 9.30 Å². The van der Waals surface area contributed by atoms with Gasteiger partial charge in [-0.15, -0.1) is 0 Å². The van der Waals surface area contributed by atoms with Crippen LogP contribution in [0.25, 0.3) is 0 Å². The molecule has 0 fully saturated rings. The number of aromatic nitrogens is 1. The zero-order valence-electron chi connectivity index (χ0n) is 10.7. The average Bonchev–Trinajstić information content (AvgIpc) is 2.26. The third-order valence-electron chi connectivity index (χ3n) is 2.39. The molecule has 1 heterocycles. The Morgan fingerprint density at radius 3 is 2.67 bits per heavy atom. The molecule has 0 aromatic carbocycles. The van der Waals surface area contributed by atoms with Crippen LogP contribution in [0, 0.1) is 0 Å². The van der Waals surface area contributed by atoms with Crippen LogP contribution in [0.4, 0.5) is 0 Å². The predicted octanol–water partition coefficient (Wildman–Crippen LogP) is 0.845. The molecule has 18 heavy (non-hydrogen) atoms. The molecule has 6 heteroatoms. The van der Waals surface area contributed by atoms with Crippen molar-refractivity contribution in [2.24, 2.45) is 0 Å². The molecule has 0 atom stereocenters. The van der Waals surface area contributed by atoms with Crippen LogP contribution in [0.3, 0.4) is 0 Å². The normalized spacial score (nSPS) is 12.7. The van der Waals surface area contributed by atoms with Gasteiger partial charge in [0, 0.05) is 32.2 Å². The summed E-state index contributed by atoms with van der Waals surface area (Å²) in [6, 6.07) is 2.58. The Hall–Kier alpha value is -1.40. The lowest BCUT2D eigenvalue weighted by Gasteiger charge is -2.05. The highest BCUT2D eigenvalue weighted by Gasteiger charge is 2.08. The molecule has 0 unspecified atom stereocenters. The lowest BCUT2D eigenvalue weighted by molar-refractivity contribution is 0.225. The van der Waals surface area contributed by atoms with E-state index in [1.807, 2.05) is 13.0 Å². The minimum absolute atomic E-state index is 0.139. The van der Waals surface area contributed by atoms with Crippen molar-refractivity contribution in [2.45, 2.75) is 18.4 Å². The van der Waals surface area contributed by atoms with Crippen LogP contribution in [0.1, 0.15) is 6.92 Å². The quantitative estimate of drug-likeness (QED) is 0.745. The maximum Gasteiger partial charge on any atom is 0.250 e. The molecule has 0 bridgehead atoms. The van der Waals surface area contributed by atoms with Crippen LogP contribution < -0.4 is 5.56 Å². The summed E-state index contributed by atoms with van der Waals surface area (Å²) in [5.41, 5.74) is 0.748. The van der Waals surface area contributed by atoms with E-state index in [4.69, 9.17) is 4.74 Å². The Labute approximate surface area is 107 Å². The minimum atomic E-state index is -3.30. The highest BCUT2D eigenvalue weighted by Crippen LogP contribution is 2.05. The van der Waals surface area contributed by atoms with Gasteiger partial charge >= 0.3 is 0 Å². The molecule has 0 aliphatic carbocycles. The summed E-state index contributed by atoms with van der Waals surface area (Å²) >= 11 is 0. The summed E-state index contributed by atoms with van der Waals surface area (Å²) in [5.74, 6) is 0. The number of hydrogen-bond acceptors (Lipinski definition) is 4. The van der Waals surface area contributed by atoms with Crippen molar-refractivity contribution in [1.82, 2.24) is 4.57 Å². The van der Waals surface area contributed by atoms with Crippen LogP contribution in [0.2, 0.25) is 0 Å². The molecule has 0 saturated heterocycles. The summed E-state index contributed by atoms with van der Waals surface area (Å²) in [5, 5.41) is 0. The number of sulfone groups is 1. The van der Waals surface area contributed by atoms with Crippen molar-refractivity contribution in [1.29, 1.82) is 0 Å². The first-order chi connectivity index (χ1) is 8.34. The van der Waals surface area contributed by atoms with E-state index in [0.717, 1.165) is 11.8 Å². The van der Waals surface area contributed by atoms with E-state index in [1.54, 1.807) is 7.11 Å². The van der Waals surface area contributed by atoms with E-state index in [0.29, 0.717) is 13.2 Å². The van der Waals surface area contributed by atoms with Crippen LogP contribution in [0.5, 0.6) is 0 Å². The fourth-order valence-corrected chi connectivity index (χ4v) is 2.05.